The Morgan fingerprint density at radius 1 is 1.27 bits per heavy atom. The average Bonchev–Trinajstić information content (AvgIpc) is 3.15. The first kappa shape index (κ1) is 18.2. The third-order valence-electron chi connectivity index (χ3n) is 4.41. The van der Waals surface area contributed by atoms with Crippen molar-refractivity contribution in [1.82, 2.24) is 25.7 Å². The highest BCUT2D eigenvalue weighted by Gasteiger charge is 2.31. The number of aromatic nitrogens is 4. The first-order chi connectivity index (χ1) is 12.4. The van der Waals surface area contributed by atoms with Crippen molar-refractivity contribution in [3.8, 4) is 0 Å². The van der Waals surface area contributed by atoms with E-state index in [1.165, 1.54) is 6.07 Å². The zero-order valence-corrected chi connectivity index (χ0v) is 14.0. The van der Waals surface area contributed by atoms with E-state index in [0.29, 0.717) is 44.7 Å². The normalized spacial score (nSPS) is 15.9. The summed E-state index contributed by atoms with van der Waals surface area (Å²) in [5.41, 5.74) is 0.0242. The van der Waals surface area contributed by atoms with Crippen LogP contribution in [0.4, 0.5) is 19.0 Å². The van der Waals surface area contributed by atoms with E-state index < -0.39 is 11.7 Å². The molecule has 1 aliphatic rings. The van der Waals surface area contributed by atoms with Gasteiger partial charge in [-0.2, -0.15) is 28.6 Å². The molecule has 2 aromatic heterocycles. The van der Waals surface area contributed by atoms with Crippen molar-refractivity contribution in [2.24, 2.45) is 5.92 Å². The van der Waals surface area contributed by atoms with E-state index in [2.05, 4.69) is 25.7 Å². The Morgan fingerprint density at radius 2 is 2.04 bits per heavy atom. The molecule has 2 N–H and O–H groups in total. The predicted molar refractivity (Wildman–Crippen MR) is 87.3 cm³/mol. The second kappa shape index (κ2) is 7.71. The lowest BCUT2D eigenvalue weighted by molar-refractivity contribution is -0.137. The molecule has 3 rings (SSSR count). The minimum atomic E-state index is -4.39. The van der Waals surface area contributed by atoms with E-state index in [-0.39, 0.29) is 11.8 Å². The maximum atomic E-state index is 12.6. The van der Waals surface area contributed by atoms with Gasteiger partial charge in [0.05, 0.1) is 17.5 Å². The highest BCUT2D eigenvalue weighted by molar-refractivity contribution is 5.78. The number of halogens is 3. The number of piperidine rings is 1. The summed E-state index contributed by atoms with van der Waals surface area (Å²) >= 11 is 0. The van der Waals surface area contributed by atoms with Crippen LogP contribution in [0.5, 0.6) is 0 Å². The molecular weight excluding hydrogens is 349 g/mol. The van der Waals surface area contributed by atoms with Gasteiger partial charge in [-0.1, -0.05) is 0 Å². The zero-order chi connectivity index (χ0) is 18.6. The maximum absolute atomic E-state index is 12.6. The van der Waals surface area contributed by atoms with Gasteiger partial charge < -0.3 is 10.2 Å². The first-order valence-electron chi connectivity index (χ1n) is 8.34. The molecule has 1 fully saturated rings. The molecule has 0 atom stereocenters. The van der Waals surface area contributed by atoms with Gasteiger partial charge in [-0.05, 0) is 25.0 Å². The molecule has 2 aromatic rings. The van der Waals surface area contributed by atoms with E-state index in [4.69, 9.17) is 0 Å². The molecule has 0 spiro atoms. The minimum Gasteiger partial charge on any atom is -0.357 e. The van der Waals surface area contributed by atoms with E-state index >= 15 is 0 Å². The summed E-state index contributed by atoms with van der Waals surface area (Å²) in [7, 11) is 0. The highest BCUT2D eigenvalue weighted by atomic mass is 19.4. The Bertz CT molecular complexity index is 709. The van der Waals surface area contributed by atoms with Crippen LogP contribution in [0.15, 0.2) is 24.5 Å². The number of carbonyl (C=O) groups is 1. The van der Waals surface area contributed by atoms with Gasteiger partial charge in [0.2, 0.25) is 5.91 Å². The van der Waals surface area contributed by atoms with Crippen LogP contribution in [0.3, 0.4) is 0 Å². The van der Waals surface area contributed by atoms with E-state index in [1.54, 1.807) is 6.20 Å². The maximum Gasteiger partial charge on any atom is 0.417 e. The van der Waals surface area contributed by atoms with Crippen molar-refractivity contribution >= 4 is 11.7 Å². The van der Waals surface area contributed by atoms with Crippen LogP contribution in [0.2, 0.25) is 0 Å². The monoisotopic (exact) mass is 368 g/mol. The quantitative estimate of drug-likeness (QED) is 0.840. The van der Waals surface area contributed by atoms with Gasteiger partial charge in [-0.15, -0.1) is 0 Å². The summed E-state index contributed by atoms with van der Waals surface area (Å²) in [6.45, 7) is 1.66. The topological polar surface area (TPSA) is 86.8 Å². The molecule has 0 radical (unpaired) electrons. The standard InChI is InChI=1S/C16H19F3N6O/c17-16(18,19)12-1-2-14(21-9-12)25-7-4-11(5-8-25)15(26)20-6-3-13-10-22-24-23-13/h1-2,9-11H,3-8H2,(H,20,26)(H,22,23,24). The van der Waals surface area contributed by atoms with Crippen LogP contribution in [-0.4, -0.2) is 45.9 Å². The molecule has 7 nitrogen and oxygen atoms in total. The van der Waals surface area contributed by atoms with E-state index in [1.807, 2.05) is 4.90 Å². The van der Waals surface area contributed by atoms with Gasteiger partial charge in [0, 0.05) is 38.2 Å². The van der Waals surface area contributed by atoms with Crippen LogP contribution in [0.25, 0.3) is 0 Å². The van der Waals surface area contributed by atoms with Gasteiger partial charge in [0.15, 0.2) is 0 Å². The van der Waals surface area contributed by atoms with Crippen molar-refractivity contribution in [3.63, 3.8) is 0 Å². The predicted octanol–water partition coefficient (Wildman–Crippen LogP) is 1.79. The lowest BCUT2D eigenvalue weighted by atomic mass is 9.96. The molecule has 0 aromatic carbocycles. The summed E-state index contributed by atoms with van der Waals surface area (Å²) < 4.78 is 37.8. The van der Waals surface area contributed by atoms with Crippen molar-refractivity contribution < 1.29 is 18.0 Å². The molecule has 1 amide bonds. The van der Waals surface area contributed by atoms with Crippen LogP contribution in [0.1, 0.15) is 24.1 Å². The molecule has 140 valence electrons. The second-order valence-corrected chi connectivity index (χ2v) is 6.17. The smallest absolute Gasteiger partial charge is 0.357 e. The fraction of sp³-hybridized carbons (Fsp3) is 0.500. The molecule has 26 heavy (non-hydrogen) atoms. The van der Waals surface area contributed by atoms with E-state index in [0.717, 1.165) is 18.0 Å². The zero-order valence-electron chi connectivity index (χ0n) is 14.0. The lowest BCUT2D eigenvalue weighted by Crippen LogP contribution is -2.41. The Balaban J connectivity index is 1.45. The van der Waals surface area contributed by atoms with Gasteiger partial charge >= 0.3 is 6.18 Å². The molecule has 1 aliphatic heterocycles. The van der Waals surface area contributed by atoms with E-state index in [9.17, 15) is 18.0 Å². The highest BCUT2D eigenvalue weighted by Crippen LogP contribution is 2.30. The molecule has 1 saturated heterocycles. The number of hydrogen-bond acceptors (Lipinski definition) is 5. The van der Waals surface area contributed by atoms with Gasteiger partial charge in [0.1, 0.15) is 5.82 Å². The number of alkyl halides is 3. The Labute approximate surface area is 148 Å². The van der Waals surface area contributed by atoms with Crippen molar-refractivity contribution in [1.29, 1.82) is 0 Å². The summed E-state index contributed by atoms with van der Waals surface area (Å²) in [5, 5.41) is 13.0. The first-order valence-corrected chi connectivity index (χ1v) is 8.34. The third kappa shape index (κ3) is 4.50. The van der Waals surface area contributed by atoms with Crippen LogP contribution in [-0.2, 0) is 17.4 Å². The molecule has 0 saturated carbocycles. The molecule has 0 unspecified atom stereocenters. The molecule has 3 heterocycles. The number of H-pyrrole nitrogens is 1. The third-order valence-corrected chi connectivity index (χ3v) is 4.41. The number of amides is 1. The van der Waals surface area contributed by atoms with Crippen molar-refractivity contribution in [2.75, 3.05) is 24.5 Å². The van der Waals surface area contributed by atoms with Gasteiger partial charge in [-0.3, -0.25) is 4.79 Å². The summed E-state index contributed by atoms with van der Waals surface area (Å²) in [4.78, 5) is 18.0. The van der Waals surface area contributed by atoms with Gasteiger partial charge in [0.25, 0.3) is 0 Å². The number of aromatic amines is 1. The van der Waals surface area contributed by atoms with Crippen LogP contribution < -0.4 is 10.2 Å². The van der Waals surface area contributed by atoms with Crippen molar-refractivity contribution in [2.45, 2.75) is 25.4 Å². The number of hydrogen-bond donors (Lipinski definition) is 2. The number of pyridine rings is 1. The fourth-order valence-electron chi connectivity index (χ4n) is 2.92. The minimum absolute atomic E-state index is 0.00600. The average molecular weight is 368 g/mol. The molecule has 10 heteroatoms. The molecule has 0 aliphatic carbocycles. The largest absolute Gasteiger partial charge is 0.417 e. The summed E-state index contributed by atoms with van der Waals surface area (Å²) in [6.07, 6.45) is -0.0458. The number of nitrogens with zero attached hydrogens (tertiary/aromatic N) is 4. The SMILES string of the molecule is O=C(NCCc1cn[nH]n1)C1CCN(c2ccc(C(F)(F)F)cn2)CC1. The van der Waals surface area contributed by atoms with Crippen LogP contribution in [0, 0.1) is 5.92 Å². The summed E-state index contributed by atoms with van der Waals surface area (Å²) in [5.74, 6) is 0.398. The van der Waals surface area contributed by atoms with Crippen LogP contribution >= 0.6 is 0 Å². The number of anilines is 1. The Kier molecular flexibility index (Phi) is 5.38. The molecular formula is C16H19F3N6O. The second-order valence-electron chi connectivity index (χ2n) is 6.17. The fourth-order valence-corrected chi connectivity index (χ4v) is 2.92. The van der Waals surface area contributed by atoms with Crippen molar-refractivity contribution in [3.05, 3.63) is 35.8 Å². The Morgan fingerprint density at radius 3 is 2.62 bits per heavy atom. The number of carbonyl (C=O) groups excluding carboxylic acids is 1. The number of rotatable bonds is 5. The summed E-state index contributed by atoms with van der Waals surface area (Å²) in [6, 6.07) is 2.41. The van der Waals surface area contributed by atoms with Gasteiger partial charge in [-0.25, -0.2) is 4.98 Å². The molecule has 0 bridgehead atoms. The Hall–Kier alpha value is -2.65. The lowest BCUT2D eigenvalue weighted by Gasteiger charge is -2.32. The number of nitrogens with one attached hydrogen (secondary N) is 2.